The average molecular weight is 251 g/mol. The molecular formula is C13H21N3S. The Morgan fingerprint density at radius 1 is 1.47 bits per heavy atom. The third kappa shape index (κ3) is 2.02. The van der Waals surface area contributed by atoms with Gasteiger partial charge in [-0.2, -0.15) is 0 Å². The van der Waals surface area contributed by atoms with Gasteiger partial charge in [-0.25, -0.2) is 4.98 Å². The molecule has 0 radical (unpaired) electrons. The van der Waals surface area contributed by atoms with E-state index in [1.165, 1.54) is 30.0 Å². The molecule has 3 rings (SSSR count). The quantitative estimate of drug-likeness (QED) is 0.893. The van der Waals surface area contributed by atoms with Crippen LogP contribution in [0.15, 0.2) is 0 Å². The first-order valence-corrected chi connectivity index (χ1v) is 7.40. The molecule has 0 aliphatic carbocycles. The van der Waals surface area contributed by atoms with Gasteiger partial charge >= 0.3 is 0 Å². The molecule has 1 aromatic heterocycles. The van der Waals surface area contributed by atoms with Crippen LogP contribution in [0.1, 0.15) is 48.3 Å². The van der Waals surface area contributed by atoms with Crippen molar-refractivity contribution >= 4 is 11.3 Å². The molecule has 94 valence electrons. The molecule has 2 unspecified atom stereocenters. The highest BCUT2D eigenvalue weighted by atomic mass is 32.1. The number of aromatic nitrogens is 1. The number of nitrogens with zero attached hydrogens (tertiary/aromatic N) is 2. The topological polar surface area (TPSA) is 28.2 Å². The molecule has 3 heterocycles. The summed E-state index contributed by atoms with van der Waals surface area (Å²) in [5.74, 6) is 0. The van der Waals surface area contributed by atoms with E-state index in [1.807, 2.05) is 11.3 Å². The molecule has 2 aliphatic heterocycles. The van der Waals surface area contributed by atoms with Crippen LogP contribution in [-0.2, 0) is 13.0 Å². The van der Waals surface area contributed by atoms with E-state index >= 15 is 0 Å². The van der Waals surface area contributed by atoms with Gasteiger partial charge in [-0.05, 0) is 19.9 Å². The second-order valence-corrected chi connectivity index (χ2v) is 6.69. The zero-order chi connectivity index (χ0) is 12.0. The van der Waals surface area contributed by atoms with Gasteiger partial charge in [-0.15, -0.1) is 11.3 Å². The smallest absolute Gasteiger partial charge is 0.107 e. The van der Waals surface area contributed by atoms with Crippen molar-refractivity contribution in [2.75, 3.05) is 7.05 Å². The van der Waals surface area contributed by atoms with Crippen molar-refractivity contribution in [3.8, 4) is 0 Å². The Balaban J connectivity index is 1.80. The van der Waals surface area contributed by atoms with Crippen molar-refractivity contribution in [1.82, 2.24) is 15.2 Å². The number of hydrogen-bond acceptors (Lipinski definition) is 4. The number of thiazole rings is 1. The molecule has 2 atom stereocenters. The lowest BCUT2D eigenvalue weighted by atomic mass is 10.1. The standard InChI is InChI=1S/C13H21N3S/c1-8(2)14-7-12-15-10-6-9-4-5-11(16(9)3)13(10)17-12/h8-9,11,14H,4-7H2,1-3H3. The van der Waals surface area contributed by atoms with E-state index in [9.17, 15) is 0 Å². The highest BCUT2D eigenvalue weighted by Crippen LogP contribution is 2.44. The summed E-state index contributed by atoms with van der Waals surface area (Å²) in [6.07, 6.45) is 3.84. The molecule has 0 spiro atoms. The predicted octanol–water partition coefficient (Wildman–Crippen LogP) is 2.33. The van der Waals surface area contributed by atoms with Gasteiger partial charge < -0.3 is 5.32 Å². The third-order valence-corrected chi connectivity index (χ3v) is 5.20. The van der Waals surface area contributed by atoms with Gasteiger partial charge in [-0.1, -0.05) is 13.8 Å². The van der Waals surface area contributed by atoms with Crippen LogP contribution < -0.4 is 5.32 Å². The second kappa shape index (κ2) is 4.34. The summed E-state index contributed by atoms with van der Waals surface area (Å²) in [4.78, 5) is 8.93. The van der Waals surface area contributed by atoms with E-state index in [0.29, 0.717) is 12.1 Å². The zero-order valence-electron chi connectivity index (χ0n) is 10.9. The number of nitrogens with one attached hydrogen (secondary N) is 1. The Labute approximate surface area is 107 Å². The second-order valence-electron chi connectivity index (χ2n) is 5.57. The van der Waals surface area contributed by atoms with Crippen LogP contribution in [0.25, 0.3) is 0 Å². The van der Waals surface area contributed by atoms with Gasteiger partial charge in [0.25, 0.3) is 0 Å². The normalized spacial score (nSPS) is 27.8. The van der Waals surface area contributed by atoms with E-state index < -0.39 is 0 Å². The van der Waals surface area contributed by atoms with Gasteiger partial charge in [0, 0.05) is 36.0 Å². The van der Waals surface area contributed by atoms with E-state index in [1.54, 1.807) is 4.88 Å². The van der Waals surface area contributed by atoms with Crippen molar-refractivity contribution in [3.05, 3.63) is 15.6 Å². The lowest BCUT2D eigenvalue weighted by Crippen LogP contribution is -2.33. The van der Waals surface area contributed by atoms with Gasteiger partial charge in [0.1, 0.15) is 5.01 Å². The van der Waals surface area contributed by atoms with E-state index in [0.717, 1.165) is 12.6 Å². The molecule has 2 bridgehead atoms. The lowest BCUT2D eigenvalue weighted by Gasteiger charge is -2.29. The van der Waals surface area contributed by atoms with Gasteiger partial charge in [0.05, 0.1) is 5.69 Å². The zero-order valence-corrected chi connectivity index (χ0v) is 11.7. The Hall–Kier alpha value is -0.450. The number of hydrogen-bond donors (Lipinski definition) is 1. The van der Waals surface area contributed by atoms with Gasteiger partial charge in [0.15, 0.2) is 0 Å². The van der Waals surface area contributed by atoms with Crippen LogP contribution in [0.3, 0.4) is 0 Å². The first-order chi connectivity index (χ1) is 8.15. The maximum absolute atomic E-state index is 4.83. The number of rotatable bonds is 3. The van der Waals surface area contributed by atoms with Gasteiger partial charge in [0.2, 0.25) is 0 Å². The minimum absolute atomic E-state index is 0.537. The van der Waals surface area contributed by atoms with Crippen molar-refractivity contribution in [2.24, 2.45) is 0 Å². The summed E-state index contributed by atoms with van der Waals surface area (Å²) in [6, 6.07) is 1.95. The Kier molecular flexibility index (Phi) is 2.97. The summed E-state index contributed by atoms with van der Waals surface area (Å²) < 4.78 is 0. The molecule has 17 heavy (non-hydrogen) atoms. The maximum Gasteiger partial charge on any atom is 0.107 e. The summed E-state index contributed by atoms with van der Waals surface area (Å²) >= 11 is 1.93. The average Bonchev–Trinajstić information content (AvgIpc) is 2.78. The fourth-order valence-electron chi connectivity index (χ4n) is 2.99. The number of likely N-dealkylation sites (N-methyl/N-ethyl adjacent to an activating group) is 1. The fraction of sp³-hybridized carbons (Fsp3) is 0.769. The fourth-order valence-corrected chi connectivity index (χ4v) is 4.22. The Morgan fingerprint density at radius 2 is 2.29 bits per heavy atom. The molecule has 0 saturated carbocycles. The molecule has 0 aromatic carbocycles. The van der Waals surface area contributed by atoms with Crippen LogP contribution in [-0.4, -0.2) is 29.0 Å². The minimum Gasteiger partial charge on any atom is -0.308 e. The monoisotopic (exact) mass is 251 g/mol. The first kappa shape index (κ1) is 11.6. The van der Waals surface area contributed by atoms with Crippen LogP contribution in [0.2, 0.25) is 0 Å². The first-order valence-electron chi connectivity index (χ1n) is 6.59. The van der Waals surface area contributed by atoms with Crippen molar-refractivity contribution in [1.29, 1.82) is 0 Å². The van der Waals surface area contributed by atoms with Crippen molar-refractivity contribution < 1.29 is 0 Å². The number of fused-ring (bicyclic) bond motifs is 4. The molecule has 0 amide bonds. The van der Waals surface area contributed by atoms with Crippen LogP contribution in [0.5, 0.6) is 0 Å². The van der Waals surface area contributed by atoms with Crippen molar-refractivity contribution in [2.45, 2.75) is 57.8 Å². The van der Waals surface area contributed by atoms with E-state index in [2.05, 4.69) is 31.1 Å². The van der Waals surface area contributed by atoms with Crippen LogP contribution in [0.4, 0.5) is 0 Å². The van der Waals surface area contributed by atoms with Crippen LogP contribution in [0, 0.1) is 0 Å². The molecule has 1 fully saturated rings. The van der Waals surface area contributed by atoms with Crippen molar-refractivity contribution in [3.63, 3.8) is 0 Å². The summed E-state index contributed by atoms with van der Waals surface area (Å²) in [5, 5.41) is 4.73. The van der Waals surface area contributed by atoms with E-state index in [4.69, 9.17) is 4.98 Å². The highest BCUT2D eigenvalue weighted by Gasteiger charge is 2.39. The third-order valence-electron chi connectivity index (χ3n) is 4.01. The predicted molar refractivity (Wildman–Crippen MR) is 71.3 cm³/mol. The maximum atomic E-state index is 4.83. The molecule has 4 heteroatoms. The summed E-state index contributed by atoms with van der Waals surface area (Å²) in [5.41, 5.74) is 1.39. The molecule has 1 aromatic rings. The molecule has 1 N–H and O–H groups in total. The summed E-state index contributed by atoms with van der Waals surface area (Å²) in [6.45, 7) is 5.29. The molecular weight excluding hydrogens is 230 g/mol. The molecule has 2 aliphatic rings. The lowest BCUT2D eigenvalue weighted by molar-refractivity contribution is 0.226. The Bertz CT molecular complexity index is 413. The molecule has 1 saturated heterocycles. The molecule has 3 nitrogen and oxygen atoms in total. The SMILES string of the molecule is CC(C)NCc1nc2c(s1)C1CCC(C2)N1C. The summed E-state index contributed by atoms with van der Waals surface area (Å²) in [7, 11) is 2.27. The van der Waals surface area contributed by atoms with Crippen LogP contribution >= 0.6 is 11.3 Å². The van der Waals surface area contributed by atoms with E-state index in [-0.39, 0.29) is 0 Å². The minimum atomic E-state index is 0.537. The van der Waals surface area contributed by atoms with Gasteiger partial charge in [-0.3, -0.25) is 4.90 Å². The Morgan fingerprint density at radius 3 is 3.06 bits per heavy atom. The largest absolute Gasteiger partial charge is 0.308 e. The highest BCUT2D eigenvalue weighted by molar-refractivity contribution is 7.11.